The molecule has 2 aliphatic rings. The maximum Gasteiger partial charge on any atom is 0.213 e. The highest BCUT2D eigenvalue weighted by atomic mass is 32.2. The van der Waals surface area contributed by atoms with Crippen molar-refractivity contribution in [3.05, 3.63) is 0 Å². The van der Waals surface area contributed by atoms with E-state index in [0.29, 0.717) is 0 Å². The van der Waals surface area contributed by atoms with Gasteiger partial charge >= 0.3 is 0 Å². The summed E-state index contributed by atoms with van der Waals surface area (Å²) >= 11 is 0. The molecule has 0 bridgehead atoms. The first-order valence-electron chi connectivity index (χ1n) is 7.62. The third-order valence-electron chi connectivity index (χ3n) is 4.66. The molecule has 0 radical (unpaired) electrons. The minimum absolute atomic E-state index is 0.0886. The Morgan fingerprint density at radius 1 is 1.16 bits per heavy atom. The first kappa shape index (κ1) is 15.3. The fourth-order valence-electron chi connectivity index (χ4n) is 3.31. The fourth-order valence-corrected chi connectivity index (χ4v) is 5.09. The van der Waals surface area contributed by atoms with Gasteiger partial charge in [0.1, 0.15) is 0 Å². The topological polar surface area (TPSA) is 58.2 Å². The minimum atomic E-state index is -3.16. The van der Waals surface area contributed by atoms with Crippen molar-refractivity contribution in [3.63, 3.8) is 0 Å². The van der Waals surface area contributed by atoms with Crippen molar-refractivity contribution in [1.82, 2.24) is 10.0 Å². The zero-order chi connectivity index (χ0) is 13.9. The van der Waals surface area contributed by atoms with Crippen LogP contribution >= 0.6 is 0 Å². The van der Waals surface area contributed by atoms with E-state index in [1.165, 1.54) is 12.8 Å². The van der Waals surface area contributed by atoms with Gasteiger partial charge in [0.15, 0.2) is 0 Å². The van der Waals surface area contributed by atoms with Gasteiger partial charge in [0, 0.05) is 12.1 Å². The molecule has 4 nitrogen and oxygen atoms in total. The summed E-state index contributed by atoms with van der Waals surface area (Å²) in [7, 11) is -3.16. The Balaban J connectivity index is 1.92. The van der Waals surface area contributed by atoms with Crippen LogP contribution in [0.3, 0.4) is 0 Å². The second-order valence-electron chi connectivity index (χ2n) is 6.83. The summed E-state index contributed by atoms with van der Waals surface area (Å²) in [6, 6.07) is 0.243. The van der Waals surface area contributed by atoms with E-state index in [-0.39, 0.29) is 23.3 Å². The summed E-state index contributed by atoms with van der Waals surface area (Å²) in [6.45, 7) is 5.31. The van der Waals surface area contributed by atoms with Gasteiger partial charge in [-0.15, -0.1) is 0 Å². The summed E-state index contributed by atoms with van der Waals surface area (Å²) in [5.41, 5.74) is 0.0886. The van der Waals surface area contributed by atoms with E-state index in [1.807, 2.05) is 0 Å². The standard InChI is InChI=1S/C14H28N2O2S/c1-14(2)9-5-3-8-13(14)16-19(17,18)11-12-7-4-6-10-15-12/h12-13,15-16H,3-11H2,1-2H3. The molecule has 0 amide bonds. The van der Waals surface area contributed by atoms with Crippen LogP contribution in [0.4, 0.5) is 0 Å². The van der Waals surface area contributed by atoms with E-state index in [9.17, 15) is 8.42 Å². The lowest BCUT2D eigenvalue weighted by molar-refractivity contribution is 0.188. The third-order valence-corrected chi connectivity index (χ3v) is 6.15. The highest BCUT2D eigenvalue weighted by Gasteiger charge is 2.35. The molecule has 1 heterocycles. The average Bonchev–Trinajstić information content (AvgIpc) is 2.32. The van der Waals surface area contributed by atoms with Crippen LogP contribution in [0, 0.1) is 5.41 Å². The molecule has 2 fully saturated rings. The van der Waals surface area contributed by atoms with Crippen LogP contribution in [0.1, 0.15) is 58.8 Å². The smallest absolute Gasteiger partial charge is 0.213 e. The number of hydrogen-bond acceptors (Lipinski definition) is 3. The molecule has 112 valence electrons. The van der Waals surface area contributed by atoms with Crippen molar-refractivity contribution in [2.24, 2.45) is 5.41 Å². The lowest BCUT2D eigenvalue weighted by Gasteiger charge is -2.39. The molecule has 19 heavy (non-hydrogen) atoms. The predicted octanol–water partition coefficient (Wildman–Crippen LogP) is 2.02. The molecule has 2 N–H and O–H groups in total. The summed E-state index contributed by atoms with van der Waals surface area (Å²) in [5, 5.41) is 3.31. The van der Waals surface area contributed by atoms with Crippen LogP contribution < -0.4 is 10.0 Å². The van der Waals surface area contributed by atoms with Crippen LogP contribution in [0.25, 0.3) is 0 Å². The fraction of sp³-hybridized carbons (Fsp3) is 1.00. The van der Waals surface area contributed by atoms with Gasteiger partial charge in [0.25, 0.3) is 0 Å². The van der Waals surface area contributed by atoms with Crippen molar-refractivity contribution in [2.45, 2.75) is 70.9 Å². The largest absolute Gasteiger partial charge is 0.313 e. The highest BCUT2D eigenvalue weighted by Crippen LogP contribution is 2.35. The Morgan fingerprint density at radius 2 is 1.89 bits per heavy atom. The highest BCUT2D eigenvalue weighted by molar-refractivity contribution is 7.89. The molecule has 1 aliphatic carbocycles. The van der Waals surface area contributed by atoms with Crippen LogP contribution in [0.5, 0.6) is 0 Å². The van der Waals surface area contributed by atoms with Crippen molar-refractivity contribution in [1.29, 1.82) is 0 Å². The first-order chi connectivity index (χ1) is 8.89. The van der Waals surface area contributed by atoms with E-state index in [0.717, 1.165) is 38.6 Å². The molecule has 0 aromatic carbocycles. The summed E-state index contributed by atoms with van der Waals surface area (Å²) in [4.78, 5) is 0. The molecule has 1 aliphatic heterocycles. The van der Waals surface area contributed by atoms with E-state index in [2.05, 4.69) is 23.9 Å². The average molecular weight is 288 g/mol. The van der Waals surface area contributed by atoms with Gasteiger partial charge in [-0.25, -0.2) is 13.1 Å². The number of nitrogens with one attached hydrogen (secondary N) is 2. The monoisotopic (exact) mass is 288 g/mol. The molecule has 0 aromatic heterocycles. The Morgan fingerprint density at radius 3 is 2.53 bits per heavy atom. The quantitative estimate of drug-likeness (QED) is 0.832. The predicted molar refractivity (Wildman–Crippen MR) is 78.6 cm³/mol. The van der Waals surface area contributed by atoms with Gasteiger partial charge in [-0.2, -0.15) is 0 Å². The van der Waals surface area contributed by atoms with Gasteiger partial charge in [0.05, 0.1) is 5.75 Å². The SMILES string of the molecule is CC1(C)CCCCC1NS(=O)(=O)CC1CCCCN1. The second-order valence-corrected chi connectivity index (χ2v) is 8.63. The molecular formula is C14H28N2O2S. The summed E-state index contributed by atoms with van der Waals surface area (Å²) in [6.07, 6.45) is 7.73. The maximum absolute atomic E-state index is 12.3. The van der Waals surface area contributed by atoms with Gasteiger partial charge in [0.2, 0.25) is 10.0 Å². The molecule has 0 spiro atoms. The van der Waals surface area contributed by atoms with E-state index < -0.39 is 10.0 Å². The first-order valence-corrected chi connectivity index (χ1v) is 9.28. The minimum Gasteiger partial charge on any atom is -0.313 e. The Labute approximate surface area is 117 Å². The molecule has 2 atom stereocenters. The van der Waals surface area contributed by atoms with Crippen molar-refractivity contribution >= 4 is 10.0 Å². The van der Waals surface area contributed by atoms with E-state index in [1.54, 1.807) is 0 Å². The summed E-state index contributed by atoms with van der Waals surface area (Å²) < 4.78 is 27.6. The normalized spacial score (nSPS) is 32.1. The molecule has 2 unspecified atom stereocenters. The van der Waals surface area contributed by atoms with Crippen molar-refractivity contribution in [2.75, 3.05) is 12.3 Å². The third kappa shape index (κ3) is 4.43. The van der Waals surface area contributed by atoms with Crippen molar-refractivity contribution in [3.8, 4) is 0 Å². The lowest BCUT2D eigenvalue weighted by Crippen LogP contribution is -2.50. The maximum atomic E-state index is 12.3. The lowest BCUT2D eigenvalue weighted by atomic mass is 9.74. The molecule has 0 aromatic rings. The molecule has 2 rings (SSSR count). The zero-order valence-corrected chi connectivity index (χ0v) is 13.1. The van der Waals surface area contributed by atoms with E-state index >= 15 is 0 Å². The Kier molecular flexibility index (Phi) is 4.90. The van der Waals surface area contributed by atoms with Crippen LogP contribution in [-0.4, -0.2) is 32.8 Å². The Hall–Kier alpha value is -0.130. The van der Waals surface area contributed by atoms with Gasteiger partial charge in [-0.1, -0.05) is 33.1 Å². The van der Waals surface area contributed by atoms with Crippen LogP contribution in [0.15, 0.2) is 0 Å². The van der Waals surface area contributed by atoms with Crippen LogP contribution in [0.2, 0.25) is 0 Å². The molecular weight excluding hydrogens is 260 g/mol. The van der Waals surface area contributed by atoms with Gasteiger partial charge in [-0.3, -0.25) is 0 Å². The number of piperidine rings is 1. The molecule has 1 saturated heterocycles. The Bertz CT molecular complexity index is 386. The number of hydrogen-bond donors (Lipinski definition) is 2. The van der Waals surface area contributed by atoms with E-state index in [4.69, 9.17) is 0 Å². The summed E-state index contributed by atoms with van der Waals surface area (Å²) in [5.74, 6) is 0.236. The number of sulfonamides is 1. The van der Waals surface area contributed by atoms with Gasteiger partial charge < -0.3 is 5.32 Å². The van der Waals surface area contributed by atoms with Crippen LogP contribution in [-0.2, 0) is 10.0 Å². The molecule has 5 heteroatoms. The van der Waals surface area contributed by atoms with Crippen molar-refractivity contribution < 1.29 is 8.42 Å². The number of rotatable bonds is 4. The second kappa shape index (κ2) is 6.10. The van der Waals surface area contributed by atoms with Gasteiger partial charge in [-0.05, 0) is 37.6 Å². The molecule has 1 saturated carbocycles. The zero-order valence-electron chi connectivity index (χ0n) is 12.2.